The van der Waals surface area contributed by atoms with Crippen molar-refractivity contribution in [3.8, 4) is 0 Å². The van der Waals surface area contributed by atoms with Gasteiger partial charge in [-0.05, 0) is 0 Å². The summed E-state index contributed by atoms with van der Waals surface area (Å²) in [6.45, 7) is 0. The van der Waals surface area contributed by atoms with E-state index in [2.05, 4.69) is 0 Å². The van der Waals surface area contributed by atoms with Gasteiger partial charge in [0.15, 0.2) is 0 Å². The molecule has 12 N–H and O–H groups in total. The van der Waals surface area contributed by atoms with Crippen LogP contribution in [0.15, 0.2) is 0 Å². The number of halogens is 2. The van der Waals surface area contributed by atoms with Crippen LogP contribution in [0, 0.1) is 0 Å². The normalized spacial score (nSPS) is 11.1. The van der Waals surface area contributed by atoms with E-state index >= 15 is 0 Å². The Bertz CT molecular complexity index is 214. The van der Waals surface area contributed by atoms with Crippen molar-refractivity contribution in [3.05, 3.63) is 0 Å². The lowest BCUT2D eigenvalue weighted by Gasteiger charge is -2.20. The summed E-state index contributed by atoms with van der Waals surface area (Å²) in [5.41, 5.74) is 0. The van der Waals surface area contributed by atoms with Crippen molar-refractivity contribution < 1.29 is 50.6 Å². The van der Waals surface area contributed by atoms with Crippen molar-refractivity contribution in [2.24, 2.45) is 0 Å². The summed E-state index contributed by atoms with van der Waals surface area (Å²) < 4.78 is 17.1. The van der Waals surface area contributed by atoms with E-state index in [9.17, 15) is 9.13 Å². The highest BCUT2D eigenvalue weighted by atomic mass is 35.5. The lowest BCUT2D eigenvalue weighted by atomic mass is 11.8. The largest absolute Gasteiger partial charge is 0.412 e. The van der Waals surface area contributed by atoms with Gasteiger partial charge in [-0.3, -0.25) is 9.13 Å². The fourth-order valence-electron chi connectivity index (χ4n) is 0.170. The van der Waals surface area contributed by atoms with E-state index in [4.69, 9.17) is 42.8 Å². The molecule has 0 unspecified atom stereocenters. The van der Waals surface area contributed by atoms with Gasteiger partial charge in [0.2, 0.25) is 0 Å². The lowest BCUT2D eigenvalue weighted by molar-refractivity contribution is 0.345. The quantitative estimate of drug-likeness (QED) is 0.307. The molecule has 0 amide bonds. The van der Waals surface area contributed by atoms with Crippen LogP contribution in [0.5, 0.6) is 0 Å². The highest BCUT2D eigenvalue weighted by Crippen LogP contribution is 2.73. The predicted molar refractivity (Wildman–Crippen MR) is 53.0 cm³/mol. The SMILES string of the molecule is O.O.O.O.O=P(O)(O)C(Cl)(Cl)P(=O)(O)O. The molecule has 0 rings (SSSR count). The Morgan fingerprint density at radius 2 is 0.867 bits per heavy atom. The molecule has 0 saturated carbocycles. The van der Waals surface area contributed by atoms with Crippen LogP contribution in [-0.2, 0) is 9.13 Å². The monoisotopic (exact) mass is 316 g/mol. The molecular weight excluding hydrogens is 305 g/mol. The second-order valence-electron chi connectivity index (χ2n) is 1.60. The van der Waals surface area contributed by atoms with Crippen LogP contribution in [0.3, 0.4) is 0 Å². The highest BCUT2D eigenvalue weighted by molar-refractivity contribution is 7.78. The summed E-state index contributed by atoms with van der Waals surface area (Å²) in [5, 5.41) is 0. The molecule has 10 nitrogen and oxygen atoms in total. The van der Waals surface area contributed by atoms with Gasteiger partial charge >= 0.3 is 19.0 Å². The van der Waals surface area contributed by atoms with E-state index in [0.717, 1.165) is 0 Å². The summed E-state index contributed by atoms with van der Waals surface area (Å²) in [5.74, 6) is 0. The minimum absolute atomic E-state index is 0. The van der Waals surface area contributed by atoms with Crippen molar-refractivity contribution in [1.82, 2.24) is 0 Å². The van der Waals surface area contributed by atoms with Gasteiger partial charge in [-0.15, -0.1) is 0 Å². The molecule has 14 heteroatoms. The fraction of sp³-hybridized carbons (Fsp3) is 1.00. The maximum Gasteiger partial charge on any atom is 0.373 e. The molecule has 0 atom stereocenters. The third-order valence-electron chi connectivity index (χ3n) is 0.701. The van der Waals surface area contributed by atoms with E-state index in [1.54, 1.807) is 0 Å². The van der Waals surface area contributed by atoms with E-state index in [1.165, 1.54) is 0 Å². The fourth-order valence-corrected chi connectivity index (χ4v) is 1.53. The molecule has 0 aliphatic carbocycles. The van der Waals surface area contributed by atoms with E-state index in [1.807, 2.05) is 0 Å². The molecule has 0 spiro atoms. The molecule has 0 aliphatic rings. The molecule has 0 aromatic carbocycles. The van der Waals surface area contributed by atoms with Crippen LogP contribution in [-0.4, -0.2) is 45.3 Å². The standard InChI is InChI=1S/CH4Cl2O6P2.4H2O/c2-1(3,10(4,5)6)11(7,8)9;;;;/h(H2,4,5,6)(H2,7,8,9);4*1H2. The van der Waals surface area contributed by atoms with Crippen LogP contribution in [0.2, 0.25) is 0 Å². The van der Waals surface area contributed by atoms with Gasteiger partial charge in [0.05, 0.1) is 0 Å². The lowest BCUT2D eigenvalue weighted by Crippen LogP contribution is -2.13. The van der Waals surface area contributed by atoms with Crippen LogP contribution >= 0.6 is 38.4 Å². The highest BCUT2D eigenvalue weighted by Gasteiger charge is 2.58. The second-order valence-corrected chi connectivity index (χ2v) is 7.85. The molecule has 0 saturated heterocycles. The number of rotatable bonds is 2. The molecule has 0 aliphatic heterocycles. The summed E-state index contributed by atoms with van der Waals surface area (Å²) in [4.78, 5) is 32.9. The Labute approximate surface area is 93.4 Å². The average Bonchev–Trinajstić information content (AvgIpc) is 1.58. The first-order valence-corrected chi connectivity index (χ1v) is 5.97. The first-order valence-electron chi connectivity index (χ1n) is 1.99. The van der Waals surface area contributed by atoms with Crippen molar-refractivity contribution in [2.75, 3.05) is 0 Å². The first kappa shape index (κ1) is 29.6. The molecule has 0 fully saturated rings. The van der Waals surface area contributed by atoms with Gasteiger partial charge in [0, 0.05) is 0 Å². The molecule has 0 radical (unpaired) electrons. The van der Waals surface area contributed by atoms with E-state index in [0.29, 0.717) is 0 Å². The third-order valence-corrected chi connectivity index (χ3v) is 6.31. The minimum atomic E-state index is -5.22. The third kappa shape index (κ3) is 6.80. The van der Waals surface area contributed by atoms with E-state index < -0.39 is 19.0 Å². The van der Waals surface area contributed by atoms with Gasteiger partial charge in [-0.25, -0.2) is 0 Å². The van der Waals surface area contributed by atoms with Gasteiger partial charge in [0.25, 0.3) is 0 Å². The minimum Gasteiger partial charge on any atom is -0.412 e. The summed E-state index contributed by atoms with van der Waals surface area (Å²) >= 11 is 9.46. The van der Waals surface area contributed by atoms with E-state index in [-0.39, 0.29) is 21.9 Å². The molecular formula is CH12Cl2O10P2. The Morgan fingerprint density at radius 1 is 0.733 bits per heavy atom. The zero-order chi connectivity index (χ0) is 9.50. The Balaban J connectivity index is -0.0000000833. The van der Waals surface area contributed by atoms with Crippen molar-refractivity contribution in [2.45, 2.75) is 3.82 Å². The average molecular weight is 317 g/mol. The van der Waals surface area contributed by atoms with Gasteiger partial charge in [0.1, 0.15) is 0 Å². The molecule has 0 heterocycles. The second kappa shape index (κ2) is 7.91. The van der Waals surface area contributed by atoms with Gasteiger partial charge in [-0.2, -0.15) is 0 Å². The summed E-state index contributed by atoms with van der Waals surface area (Å²) in [6.07, 6.45) is 0. The molecule has 0 aromatic heterocycles. The molecule has 0 bridgehead atoms. The molecule has 0 aromatic rings. The summed E-state index contributed by atoms with van der Waals surface area (Å²) in [6, 6.07) is 0. The van der Waals surface area contributed by atoms with Crippen LogP contribution in [0.1, 0.15) is 0 Å². The zero-order valence-corrected chi connectivity index (χ0v) is 10.1. The Kier molecular flexibility index (Phi) is 15.6. The smallest absolute Gasteiger partial charge is 0.373 e. The summed E-state index contributed by atoms with van der Waals surface area (Å²) in [7, 11) is -10.4. The van der Waals surface area contributed by atoms with Crippen LogP contribution < -0.4 is 0 Å². The van der Waals surface area contributed by atoms with Crippen molar-refractivity contribution in [1.29, 1.82) is 0 Å². The van der Waals surface area contributed by atoms with Crippen LogP contribution in [0.25, 0.3) is 0 Å². The molecule has 100 valence electrons. The Hall–Kier alpha value is 0.720. The molecule has 15 heavy (non-hydrogen) atoms. The topological polar surface area (TPSA) is 241 Å². The van der Waals surface area contributed by atoms with Crippen molar-refractivity contribution in [3.63, 3.8) is 0 Å². The van der Waals surface area contributed by atoms with Gasteiger partial charge in [-0.1, -0.05) is 23.2 Å². The maximum absolute atomic E-state index is 10.2. The van der Waals surface area contributed by atoms with Gasteiger partial charge < -0.3 is 41.5 Å². The number of hydrogen-bond donors (Lipinski definition) is 4. The van der Waals surface area contributed by atoms with Crippen molar-refractivity contribution >= 4 is 38.4 Å². The maximum atomic E-state index is 10.2. The first-order chi connectivity index (χ1) is 4.50. The number of alkyl halides is 2. The number of hydrogen-bond acceptors (Lipinski definition) is 2. The predicted octanol–water partition coefficient (Wildman–Crippen LogP) is -2.87. The van der Waals surface area contributed by atoms with Crippen LogP contribution in [0.4, 0.5) is 0 Å². The Morgan fingerprint density at radius 3 is 0.867 bits per heavy atom. The zero-order valence-electron chi connectivity index (χ0n) is 6.76.